The Bertz CT molecular complexity index is 601. The quantitative estimate of drug-likeness (QED) is 0.809. The largest absolute Gasteiger partial charge is 0.351 e. The SMILES string of the molecule is C[C@H]([NH2+]CC(=O)NCCc1ccccc1)c1ccccc1Cl. The van der Waals surface area contributed by atoms with Crippen LogP contribution < -0.4 is 10.6 Å². The fraction of sp³-hybridized carbons (Fsp3) is 0.278. The number of nitrogens with two attached hydrogens (primary N) is 1. The van der Waals surface area contributed by atoms with Crippen molar-refractivity contribution in [2.24, 2.45) is 0 Å². The molecule has 3 N–H and O–H groups in total. The number of hydrogen-bond donors (Lipinski definition) is 2. The average Bonchev–Trinajstić information content (AvgIpc) is 2.54. The smallest absolute Gasteiger partial charge is 0.275 e. The lowest BCUT2D eigenvalue weighted by molar-refractivity contribution is -0.682. The van der Waals surface area contributed by atoms with Crippen LogP contribution in [0.25, 0.3) is 0 Å². The predicted octanol–water partition coefficient (Wildman–Crippen LogP) is 2.32. The van der Waals surface area contributed by atoms with E-state index in [2.05, 4.69) is 24.4 Å². The summed E-state index contributed by atoms with van der Waals surface area (Å²) in [7, 11) is 0. The highest BCUT2D eigenvalue weighted by molar-refractivity contribution is 6.31. The molecule has 0 aromatic heterocycles. The minimum Gasteiger partial charge on any atom is -0.351 e. The Labute approximate surface area is 136 Å². The summed E-state index contributed by atoms with van der Waals surface area (Å²) in [5, 5.41) is 5.69. The van der Waals surface area contributed by atoms with Gasteiger partial charge in [-0.2, -0.15) is 0 Å². The van der Waals surface area contributed by atoms with Crippen LogP contribution in [0.1, 0.15) is 24.1 Å². The summed E-state index contributed by atoms with van der Waals surface area (Å²) in [6.45, 7) is 3.12. The first-order chi connectivity index (χ1) is 10.7. The van der Waals surface area contributed by atoms with Gasteiger partial charge in [0.2, 0.25) is 0 Å². The fourth-order valence-electron chi connectivity index (χ4n) is 2.32. The van der Waals surface area contributed by atoms with Gasteiger partial charge >= 0.3 is 0 Å². The number of hydrogen-bond acceptors (Lipinski definition) is 1. The van der Waals surface area contributed by atoms with E-state index in [1.165, 1.54) is 5.56 Å². The van der Waals surface area contributed by atoms with Gasteiger partial charge in [-0.05, 0) is 25.0 Å². The van der Waals surface area contributed by atoms with Crippen molar-refractivity contribution >= 4 is 17.5 Å². The molecule has 3 nitrogen and oxygen atoms in total. The number of halogens is 1. The van der Waals surface area contributed by atoms with Crippen molar-refractivity contribution in [3.8, 4) is 0 Å². The third kappa shape index (κ3) is 5.17. The van der Waals surface area contributed by atoms with E-state index in [0.717, 1.165) is 17.0 Å². The zero-order valence-corrected chi connectivity index (χ0v) is 13.5. The number of benzene rings is 2. The second-order valence-electron chi connectivity index (χ2n) is 5.34. The van der Waals surface area contributed by atoms with Crippen molar-refractivity contribution in [2.75, 3.05) is 13.1 Å². The van der Waals surface area contributed by atoms with E-state index in [0.29, 0.717) is 13.1 Å². The van der Waals surface area contributed by atoms with Crippen LogP contribution >= 0.6 is 11.6 Å². The van der Waals surface area contributed by atoms with Crippen LogP contribution in [0.15, 0.2) is 54.6 Å². The van der Waals surface area contributed by atoms with E-state index < -0.39 is 0 Å². The normalized spacial score (nSPS) is 11.9. The van der Waals surface area contributed by atoms with Gasteiger partial charge in [-0.3, -0.25) is 4.79 Å². The van der Waals surface area contributed by atoms with Gasteiger partial charge in [0.1, 0.15) is 6.04 Å². The molecule has 4 heteroatoms. The van der Waals surface area contributed by atoms with Crippen LogP contribution in [-0.4, -0.2) is 19.0 Å². The van der Waals surface area contributed by atoms with Crippen molar-refractivity contribution in [3.05, 3.63) is 70.7 Å². The van der Waals surface area contributed by atoms with Crippen molar-refractivity contribution in [1.29, 1.82) is 0 Å². The van der Waals surface area contributed by atoms with E-state index in [9.17, 15) is 4.79 Å². The van der Waals surface area contributed by atoms with Gasteiger partial charge in [-0.25, -0.2) is 0 Å². The van der Waals surface area contributed by atoms with Gasteiger partial charge in [-0.15, -0.1) is 0 Å². The third-order valence-electron chi connectivity index (χ3n) is 3.63. The predicted molar refractivity (Wildman–Crippen MR) is 89.8 cm³/mol. The summed E-state index contributed by atoms with van der Waals surface area (Å²) in [6.07, 6.45) is 0.854. The molecule has 1 atom stereocenters. The lowest BCUT2D eigenvalue weighted by atomic mass is 10.1. The highest BCUT2D eigenvalue weighted by atomic mass is 35.5. The van der Waals surface area contributed by atoms with Crippen molar-refractivity contribution in [2.45, 2.75) is 19.4 Å². The Morgan fingerprint density at radius 1 is 1.14 bits per heavy atom. The molecule has 0 spiro atoms. The lowest BCUT2D eigenvalue weighted by Gasteiger charge is -2.12. The Morgan fingerprint density at radius 3 is 2.55 bits per heavy atom. The summed E-state index contributed by atoms with van der Waals surface area (Å²) in [4.78, 5) is 11.9. The second kappa shape index (κ2) is 8.57. The highest BCUT2D eigenvalue weighted by Crippen LogP contribution is 2.19. The molecule has 0 saturated carbocycles. The summed E-state index contributed by atoms with van der Waals surface area (Å²) >= 11 is 6.17. The van der Waals surface area contributed by atoms with E-state index >= 15 is 0 Å². The zero-order valence-electron chi connectivity index (χ0n) is 12.8. The van der Waals surface area contributed by atoms with Gasteiger partial charge < -0.3 is 10.6 Å². The molecular weight excluding hydrogens is 296 g/mol. The Kier molecular flexibility index (Phi) is 6.44. The lowest BCUT2D eigenvalue weighted by Crippen LogP contribution is -2.87. The summed E-state index contributed by atoms with van der Waals surface area (Å²) in [5.74, 6) is 0.0508. The van der Waals surface area contributed by atoms with Crippen LogP contribution in [0.5, 0.6) is 0 Å². The van der Waals surface area contributed by atoms with Gasteiger partial charge in [0.15, 0.2) is 6.54 Å². The molecule has 1 amide bonds. The Hall–Kier alpha value is -1.84. The summed E-state index contributed by atoms with van der Waals surface area (Å²) < 4.78 is 0. The molecule has 0 aliphatic carbocycles. The molecule has 0 bridgehead atoms. The molecule has 0 unspecified atom stereocenters. The van der Waals surface area contributed by atoms with Crippen molar-refractivity contribution in [3.63, 3.8) is 0 Å². The fourth-order valence-corrected chi connectivity index (χ4v) is 2.63. The molecule has 0 aliphatic rings. The Balaban J connectivity index is 1.70. The van der Waals surface area contributed by atoms with Crippen molar-refractivity contribution < 1.29 is 10.1 Å². The number of carbonyl (C=O) groups excluding carboxylic acids is 1. The molecule has 2 aromatic carbocycles. The van der Waals surface area contributed by atoms with E-state index in [4.69, 9.17) is 11.6 Å². The minimum absolute atomic E-state index is 0.0508. The maximum atomic E-state index is 11.9. The van der Waals surface area contributed by atoms with Gasteiger partial charge in [-0.1, -0.05) is 60.1 Å². The molecule has 2 rings (SSSR count). The maximum absolute atomic E-state index is 11.9. The first-order valence-electron chi connectivity index (χ1n) is 7.55. The average molecular weight is 318 g/mol. The van der Waals surface area contributed by atoms with E-state index in [1.54, 1.807) is 0 Å². The first-order valence-corrected chi connectivity index (χ1v) is 7.93. The van der Waals surface area contributed by atoms with Crippen LogP contribution in [0.4, 0.5) is 0 Å². The number of rotatable bonds is 7. The molecule has 22 heavy (non-hydrogen) atoms. The van der Waals surface area contributed by atoms with Crippen LogP contribution in [0.3, 0.4) is 0 Å². The number of carbonyl (C=O) groups is 1. The highest BCUT2D eigenvalue weighted by Gasteiger charge is 2.13. The number of quaternary nitrogens is 1. The molecule has 116 valence electrons. The molecule has 0 aliphatic heterocycles. The second-order valence-corrected chi connectivity index (χ2v) is 5.74. The zero-order chi connectivity index (χ0) is 15.8. The minimum atomic E-state index is 0.0508. The van der Waals surface area contributed by atoms with E-state index in [1.807, 2.05) is 47.8 Å². The van der Waals surface area contributed by atoms with Crippen LogP contribution in [-0.2, 0) is 11.2 Å². The molecule has 0 saturated heterocycles. The van der Waals surface area contributed by atoms with Crippen LogP contribution in [0, 0.1) is 0 Å². The monoisotopic (exact) mass is 317 g/mol. The Morgan fingerprint density at radius 2 is 1.82 bits per heavy atom. The molecule has 0 radical (unpaired) electrons. The molecular formula is C18H22ClN2O+. The van der Waals surface area contributed by atoms with Gasteiger partial charge in [0.05, 0.1) is 0 Å². The molecule has 0 heterocycles. The third-order valence-corrected chi connectivity index (χ3v) is 3.98. The summed E-state index contributed by atoms with van der Waals surface area (Å²) in [6, 6.07) is 18.1. The van der Waals surface area contributed by atoms with Crippen molar-refractivity contribution in [1.82, 2.24) is 5.32 Å². The van der Waals surface area contributed by atoms with Gasteiger partial charge in [0, 0.05) is 17.1 Å². The van der Waals surface area contributed by atoms with E-state index in [-0.39, 0.29) is 11.9 Å². The van der Waals surface area contributed by atoms with Crippen LogP contribution in [0.2, 0.25) is 5.02 Å². The maximum Gasteiger partial charge on any atom is 0.275 e. The number of amides is 1. The summed E-state index contributed by atoms with van der Waals surface area (Å²) in [5.41, 5.74) is 2.29. The van der Waals surface area contributed by atoms with Gasteiger partial charge in [0.25, 0.3) is 5.91 Å². The molecule has 2 aromatic rings. The number of nitrogens with one attached hydrogen (secondary N) is 1. The molecule has 0 fully saturated rings. The topological polar surface area (TPSA) is 45.7 Å². The first kappa shape index (κ1) is 16.5. The standard InChI is InChI=1S/C18H21ClN2O/c1-14(16-9-5-6-10-17(16)19)21-13-18(22)20-12-11-15-7-3-2-4-8-15/h2-10,14,21H,11-13H2,1H3,(H,20,22)/p+1/t14-/m0/s1.